The lowest BCUT2D eigenvalue weighted by Crippen LogP contribution is -2.34. The van der Waals surface area contributed by atoms with Gasteiger partial charge in [-0.15, -0.1) is 10.2 Å². The van der Waals surface area contributed by atoms with Gasteiger partial charge in [-0.25, -0.2) is 0 Å². The quantitative estimate of drug-likeness (QED) is 0.631. The van der Waals surface area contributed by atoms with Crippen molar-refractivity contribution in [2.75, 3.05) is 18.6 Å². The molecule has 0 radical (unpaired) electrons. The summed E-state index contributed by atoms with van der Waals surface area (Å²) in [5.41, 5.74) is 1.38. The number of ether oxygens (including phenoxy) is 1. The molecule has 0 atom stereocenters. The van der Waals surface area contributed by atoms with Gasteiger partial charge in [-0.2, -0.15) is 10.1 Å². The minimum atomic E-state index is -0.299. The van der Waals surface area contributed by atoms with E-state index in [1.165, 1.54) is 9.70 Å². The highest BCUT2D eigenvalue weighted by Gasteiger charge is 2.17. The number of para-hydroxylation sites is 1. The minimum absolute atomic E-state index is 0.0553. The second-order valence-corrected chi connectivity index (χ2v) is 5.35. The summed E-state index contributed by atoms with van der Waals surface area (Å²) in [7, 11) is 1.58. The highest BCUT2D eigenvalue weighted by atomic mass is 16.5. The van der Waals surface area contributed by atoms with Gasteiger partial charge >= 0.3 is 0 Å². The Bertz CT molecular complexity index is 932. The first-order chi connectivity index (χ1) is 12.7. The summed E-state index contributed by atoms with van der Waals surface area (Å²) in [5, 5.41) is 21.2. The summed E-state index contributed by atoms with van der Waals surface area (Å²) in [4.78, 5) is 15.2. The number of carbonyl (C=O) groups is 1. The average Bonchev–Trinajstić information content (AvgIpc) is 3.15. The number of rotatable bonds is 6. The van der Waals surface area contributed by atoms with Crippen LogP contribution in [0.25, 0.3) is 11.4 Å². The van der Waals surface area contributed by atoms with Crippen molar-refractivity contribution in [2.45, 2.75) is 6.54 Å². The Balaban J connectivity index is 1.77. The van der Waals surface area contributed by atoms with Crippen LogP contribution in [0.2, 0.25) is 0 Å². The van der Waals surface area contributed by atoms with Crippen LogP contribution in [0.3, 0.4) is 0 Å². The monoisotopic (exact) mass is 348 g/mol. The molecule has 26 heavy (non-hydrogen) atoms. The van der Waals surface area contributed by atoms with E-state index in [0.29, 0.717) is 17.3 Å². The number of nitriles is 1. The normalized spacial score (nSPS) is 10.2. The number of carbonyl (C=O) groups excluding carboxylic acids is 1. The maximum atomic E-state index is 12.6. The lowest BCUT2D eigenvalue weighted by atomic mass is 10.2. The van der Waals surface area contributed by atoms with E-state index in [9.17, 15) is 4.79 Å². The molecule has 0 N–H and O–H groups in total. The van der Waals surface area contributed by atoms with Gasteiger partial charge in [-0.1, -0.05) is 30.3 Å². The van der Waals surface area contributed by atoms with Crippen molar-refractivity contribution in [3.05, 3.63) is 54.6 Å². The van der Waals surface area contributed by atoms with Gasteiger partial charge < -0.3 is 4.74 Å². The lowest BCUT2D eigenvalue weighted by molar-refractivity contribution is -0.119. The second kappa shape index (κ2) is 7.90. The summed E-state index contributed by atoms with van der Waals surface area (Å²) in [6, 6.07) is 18.3. The summed E-state index contributed by atoms with van der Waals surface area (Å²) >= 11 is 0. The third-order valence-electron chi connectivity index (χ3n) is 3.66. The number of benzene rings is 2. The number of amides is 1. The molecule has 0 saturated heterocycles. The van der Waals surface area contributed by atoms with E-state index < -0.39 is 0 Å². The summed E-state index contributed by atoms with van der Waals surface area (Å²) < 4.78 is 5.18. The van der Waals surface area contributed by atoms with Gasteiger partial charge in [0.05, 0.1) is 13.2 Å². The molecule has 0 spiro atoms. The molecule has 2 aromatic carbocycles. The molecule has 130 valence electrons. The van der Waals surface area contributed by atoms with Crippen LogP contribution < -0.4 is 9.64 Å². The highest BCUT2D eigenvalue weighted by molar-refractivity contribution is 5.93. The Kier molecular flexibility index (Phi) is 5.19. The van der Waals surface area contributed by atoms with Crippen molar-refractivity contribution in [2.24, 2.45) is 0 Å². The smallest absolute Gasteiger partial charge is 0.251 e. The molecule has 0 saturated carbocycles. The van der Waals surface area contributed by atoms with Gasteiger partial charge in [0.25, 0.3) is 5.91 Å². The van der Waals surface area contributed by atoms with Gasteiger partial charge in [0.2, 0.25) is 5.82 Å². The molecule has 0 aliphatic rings. The van der Waals surface area contributed by atoms with Crippen molar-refractivity contribution in [1.29, 1.82) is 5.26 Å². The SMILES string of the molecule is COc1cccc(-c2nnn(CC(=O)N(CC#N)c3ccccc3)n2)c1. The largest absolute Gasteiger partial charge is 0.497 e. The minimum Gasteiger partial charge on any atom is -0.497 e. The number of hydrogen-bond acceptors (Lipinski definition) is 6. The maximum absolute atomic E-state index is 12.6. The molecule has 0 aliphatic heterocycles. The predicted molar refractivity (Wildman–Crippen MR) is 94.2 cm³/mol. The van der Waals surface area contributed by atoms with Crippen molar-refractivity contribution in [1.82, 2.24) is 20.2 Å². The molecule has 0 aliphatic carbocycles. The molecule has 0 bridgehead atoms. The molecular weight excluding hydrogens is 332 g/mol. The van der Waals surface area contributed by atoms with Crippen LogP contribution in [-0.4, -0.2) is 39.8 Å². The lowest BCUT2D eigenvalue weighted by Gasteiger charge is -2.19. The standard InChI is InChI=1S/C18H16N6O2/c1-26-16-9-5-6-14(12-16)18-20-22-24(21-18)13-17(25)23(11-10-19)15-7-3-2-4-8-15/h2-9,12H,11,13H2,1H3. The Morgan fingerprint density at radius 2 is 2.04 bits per heavy atom. The maximum Gasteiger partial charge on any atom is 0.251 e. The van der Waals surface area contributed by atoms with Crippen LogP contribution in [0, 0.1) is 11.3 Å². The first kappa shape index (κ1) is 17.1. The number of methoxy groups -OCH3 is 1. The summed E-state index contributed by atoms with van der Waals surface area (Å²) in [5.74, 6) is 0.773. The van der Waals surface area contributed by atoms with E-state index in [0.717, 1.165) is 5.56 Å². The molecule has 0 fully saturated rings. The molecule has 3 aromatic rings. The van der Waals surface area contributed by atoms with Crippen molar-refractivity contribution < 1.29 is 9.53 Å². The zero-order chi connectivity index (χ0) is 18.4. The van der Waals surface area contributed by atoms with Crippen LogP contribution in [0.1, 0.15) is 0 Å². The van der Waals surface area contributed by atoms with Crippen LogP contribution in [0.4, 0.5) is 5.69 Å². The van der Waals surface area contributed by atoms with Gasteiger partial charge in [0.15, 0.2) is 0 Å². The molecule has 1 heterocycles. The summed E-state index contributed by atoms with van der Waals surface area (Å²) in [6.07, 6.45) is 0. The van der Waals surface area contributed by atoms with Crippen molar-refractivity contribution in [3.63, 3.8) is 0 Å². The van der Waals surface area contributed by atoms with E-state index in [4.69, 9.17) is 10.00 Å². The van der Waals surface area contributed by atoms with Crippen LogP contribution in [0.5, 0.6) is 5.75 Å². The second-order valence-electron chi connectivity index (χ2n) is 5.35. The first-order valence-corrected chi connectivity index (χ1v) is 7.86. The van der Waals surface area contributed by atoms with Crippen molar-refractivity contribution in [3.8, 4) is 23.2 Å². The zero-order valence-electron chi connectivity index (χ0n) is 14.1. The summed E-state index contributed by atoms with van der Waals surface area (Å²) in [6.45, 7) is -0.173. The van der Waals surface area contributed by atoms with Gasteiger partial charge in [-0.3, -0.25) is 9.69 Å². The fourth-order valence-corrected chi connectivity index (χ4v) is 2.40. The van der Waals surface area contributed by atoms with E-state index in [-0.39, 0.29) is 19.0 Å². The number of anilines is 1. The van der Waals surface area contributed by atoms with E-state index >= 15 is 0 Å². The number of aromatic nitrogens is 4. The molecule has 1 aromatic heterocycles. The fraction of sp³-hybridized carbons (Fsp3) is 0.167. The average molecular weight is 348 g/mol. The number of hydrogen-bond donors (Lipinski definition) is 0. The zero-order valence-corrected chi connectivity index (χ0v) is 14.1. The molecule has 8 nitrogen and oxygen atoms in total. The molecule has 1 amide bonds. The Labute approximate surface area is 150 Å². The number of nitrogens with zero attached hydrogens (tertiary/aromatic N) is 6. The van der Waals surface area contributed by atoms with Crippen LogP contribution in [0.15, 0.2) is 54.6 Å². The van der Waals surface area contributed by atoms with E-state index in [1.54, 1.807) is 25.3 Å². The highest BCUT2D eigenvalue weighted by Crippen LogP contribution is 2.20. The predicted octanol–water partition coefficient (Wildman–Crippen LogP) is 1.91. The van der Waals surface area contributed by atoms with Gasteiger partial charge in [0.1, 0.15) is 18.8 Å². The van der Waals surface area contributed by atoms with Crippen LogP contribution in [-0.2, 0) is 11.3 Å². The topological polar surface area (TPSA) is 96.9 Å². The van der Waals surface area contributed by atoms with Gasteiger partial charge in [-0.05, 0) is 29.5 Å². The molecule has 8 heteroatoms. The van der Waals surface area contributed by atoms with Crippen LogP contribution >= 0.6 is 0 Å². The van der Waals surface area contributed by atoms with Gasteiger partial charge in [0, 0.05) is 11.3 Å². The Hall–Kier alpha value is -3.73. The molecule has 3 rings (SSSR count). The third-order valence-corrected chi connectivity index (χ3v) is 3.66. The molecule has 0 unspecified atom stereocenters. The van der Waals surface area contributed by atoms with E-state index in [2.05, 4.69) is 15.4 Å². The van der Waals surface area contributed by atoms with E-state index in [1.807, 2.05) is 42.5 Å². The molecular formula is C18H16N6O2. The first-order valence-electron chi connectivity index (χ1n) is 7.86. The Morgan fingerprint density at radius 3 is 2.77 bits per heavy atom. The van der Waals surface area contributed by atoms with Crippen molar-refractivity contribution >= 4 is 11.6 Å². The number of tetrazole rings is 1. The fourth-order valence-electron chi connectivity index (χ4n) is 2.40. The Morgan fingerprint density at radius 1 is 1.23 bits per heavy atom. The third kappa shape index (κ3) is 3.84.